The largest absolute Gasteiger partial charge is 0.493 e. The van der Waals surface area contributed by atoms with Gasteiger partial charge in [0.25, 0.3) is 0 Å². The maximum Gasteiger partial charge on any atom is 0.192 e. The van der Waals surface area contributed by atoms with Crippen LogP contribution in [-0.4, -0.2) is 6.61 Å². The molecule has 0 unspecified atom stereocenters. The van der Waals surface area contributed by atoms with Crippen molar-refractivity contribution in [2.24, 2.45) is 0 Å². The molecule has 0 radical (unpaired) electrons. The Hall–Kier alpha value is -2.55. The minimum Gasteiger partial charge on any atom is -0.493 e. The van der Waals surface area contributed by atoms with Gasteiger partial charge < -0.3 is 9.15 Å². The molecule has 3 aromatic rings. The zero-order chi connectivity index (χ0) is 13.8. The van der Waals surface area contributed by atoms with E-state index in [9.17, 15) is 4.79 Å². The van der Waals surface area contributed by atoms with Gasteiger partial charge in [-0.15, -0.1) is 0 Å². The fourth-order valence-corrected chi connectivity index (χ4v) is 2.08. The van der Waals surface area contributed by atoms with Crippen LogP contribution in [0.3, 0.4) is 0 Å². The summed E-state index contributed by atoms with van der Waals surface area (Å²) in [4.78, 5) is 11.7. The molecule has 2 aromatic carbocycles. The first-order chi connectivity index (χ1) is 9.83. The summed E-state index contributed by atoms with van der Waals surface area (Å²) in [5.74, 6) is 0.687. The Morgan fingerprint density at radius 1 is 1.00 bits per heavy atom. The van der Waals surface area contributed by atoms with Gasteiger partial charge in [-0.1, -0.05) is 30.3 Å². The Labute approximate surface area is 116 Å². The van der Waals surface area contributed by atoms with Gasteiger partial charge in [-0.25, -0.2) is 0 Å². The maximum absolute atomic E-state index is 11.7. The van der Waals surface area contributed by atoms with Crippen LogP contribution in [0.5, 0.6) is 5.75 Å². The molecule has 0 bridgehead atoms. The summed E-state index contributed by atoms with van der Waals surface area (Å²) >= 11 is 0. The van der Waals surface area contributed by atoms with E-state index in [1.54, 1.807) is 12.1 Å². The van der Waals surface area contributed by atoms with E-state index in [-0.39, 0.29) is 5.43 Å². The van der Waals surface area contributed by atoms with Crippen LogP contribution in [0.25, 0.3) is 11.0 Å². The van der Waals surface area contributed by atoms with Crippen LogP contribution in [0, 0.1) is 0 Å². The summed E-state index contributed by atoms with van der Waals surface area (Å²) in [5, 5.41) is 0.546. The maximum atomic E-state index is 11.7. The van der Waals surface area contributed by atoms with E-state index in [1.165, 1.54) is 17.9 Å². The van der Waals surface area contributed by atoms with Gasteiger partial charge in [-0.2, -0.15) is 0 Å². The molecule has 0 atom stereocenters. The van der Waals surface area contributed by atoms with Crippen LogP contribution in [0.1, 0.15) is 5.56 Å². The van der Waals surface area contributed by atoms with Crippen LogP contribution in [0.2, 0.25) is 0 Å². The monoisotopic (exact) mass is 266 g/mol. The van der Waals surface area contributed by atoms with Crippen molar-refractivity contribution in [3.63, 3.8) is 0 Å². The number of hydrogen-bond acceptors (Lipinski definition) is 3. The van der Waals surface area contributed by atoms with E-state index in [4.69, 9.17) is 9.15 Å². The first-order valence-corrected chi connectivity index (χ1v) is 6.51. The van der Waals surface area contributed by atoms with Gasteiger partial charge >= 0.3 is 0 Å². The summed E-state index contributed by atoms with van der Waals surface area (Å²) in [6.07, 6.45) is 2.24. The predicted octanol–water partition coefficient (Wildman–Crippen LogP) is 3.41. The summed E-state index contributed by atoms with van der Waals surface area (Å²) in [6.45, 7) is 0.577. The fraction of sp³-hybridized carbons (Fsp3) is 0.118. The summed E-state index contributed by atoms with van der Waals surface area (Å²) < 4.78 is 11.0. The lowest BCUT2D eigenvalue weighted by Crippen LogP contribution is -2.03. The fourth-order valence-electron chi connectivity index (χ4n) is 2.08. The third-order valence-corrected chi connectivity index (χ3v) is 3.13. The molecular formula is C17H14O3. The first-order valence-electron chi connectivity index (χ1n) is 6.51. The van der Waals surface area contributed by atoms with E-state index < -0.39 is 0 Å². The average molecular weight is 266 g/mol. The van der Waals surface area contributed by atoms with Gasteiger partial charge in [-0.05, 0) is 23.8 Å². The van der Waals surface area contributed by atoms with Gasteiger partial charge in [0.1, 0.15) is 11.3 Å². The van der Waals surface area contributed by atoms with Crippen LogP contribution < -0.4 is 10.2 Å². The molecule has 3 rings (SSSR count). The van der Waals surface area contributed by atoms with Crippen molar-refractivity contribution in [3.05, 3.63) is 76.6 Å². The van der Waals surface area contributed by atoms with E-state index in [2.05, 4.69) is 12.1 Å². The third-order valence-electron chi connectivity index (χ3n) is 3.13. The molecule has 3 nitrogen and oxygen atoms in total. The number of ether oxygens (including phenoxy) is 1. The number of hydrogen-bond donors (Lipinski definition) is 0. The lowest BCUT2D eigenvalue weighted by Gasteiger charge is -2.06. The smallest absolute Gasteiger partial charge is 0.192 e. The molecule has 100 valence electrons. The average Bonchev–Trinajstić information content (AvgIpc) is 2.49. The van der Waals surface area contributed by atoms with Crippen molar-refractivity contribution in [1.29, 1.82) is 0 Å². The Morgan fingerprint density at radius 3 is 2.70 bits per heavy atom. The van der Waals surface area contributed by atoms with Crippen molar-refractivity contribution < 1.29 is 9.15 Å². The number of fused-ring (bicyclic) bond motifs is 1. The highest BCUT2D eigenvalue weighted by atomic mass is 16.5. The minimum absolute atomic E-state index is 0.0558. The van der Waals surface area contributed by atoms with Crippen molar-refractivity contribution >= 4 is 11.0 Å². The predicted molar refractivity (Wildman–Crippen MR) is 78.1 cm³/mol. The zero-order valence-corrected chi connectivity index (χ0v) is 10.9. The van der Waals surface area contributed by atoms with Gasteiger partial charge in [0.2, 0.25) is 0 Å². The lowest BCUT2D eigenvalue weighted by atomic mass is 10.2. The van der Waals surface area contributed by atoms with Crippen molar-refractivity contribution in [2.75, 3.05) is 6.61 Å². The van der Waals surface area contributed by atoms with Gasteiger partial charge in [0.15, 0.2) is 5.43 Å². The Bertz CT molecular complexity index is 760. The highest BCUT2D eigenvalue weighted by Crippen LogP contribution is 2.18. The van der Waals surface area contributed by atoms with E-state index >= 15 is 0 Å². The third kappa shape index (κ3) is 2.72. The second-order valence-corrected chi connectivity index (χ2v) is 4.53. The molecule has 3 heteroatoms. The molecule has 20 heavy (non-hydrogen) atoms. The van der Waals surface area contributed by atoms with Gasteiger partial charge in [0.05, 0.1) is 18.3 Å². The topological polar surface area (TPSA) is 39.4 Å². The molecule has 0 N–H and O–H groups in total. The van der Waals surface area contributed by atoms with Gasteiger partial charge in [-0.3, -0.25) is 4.79 Å². The summed E-state index contributed by atoms with van der Waals surface area (Å²) in [7, 11) is 0. The van der Waals surface area contributed by atoms with Crippen molar-refractivity contribution in [3.8, 4) is 5.75 Å². The summed E-state index contributed by atoms with van der Waals surface area (Å²) in [5.41, 5.74) is 1.75. The molecule has 0 aliphatic carbocycles. The van der Waals surface area contributed by atoms with Crippen molar-refractivity contribution in [1.82, 2.24) is 0 Å². The molecule has 0 fully saturated rings. The lowest BCUT2D eigenvalue weighted by molar-refractivity contribution is 0.322. The molecule has 0 spiro atoms. The van der Waals surface area contributed by atoms with Crippen LogP contribution in [0.15, 0.2) is 70.1 Å². The number of rotatable bonds is 4. The molecule has 0 amide bonds. The Balaban J connectivity index is 1.72. The zero-order valence-electron chi connectivity index (χ0n) is 10.9. The molecule has 0 aliphatic heterocycles. The quantitative estimate of drug-likeness (QED) is 0.726. The van der Waals surface area contributed by atoms with Crippen molar-refractivity contribution in [2.45, 2.75) is 6.42 Å². The molecule has 1 heterocycles. The highest BCUT2D eigenvalue weighted by molar-refractivity contribution is 5.77. The normalized spacial score (nSPS) is 10.6. The molecule has 0 saturated carbocycles. The van der Waals surface area contributed by atoms with Crippen LogP contribution in [-0.2, 0) is 6.42 Å². The minimum atomic E-state index is -0.0558. The number of benzene rings is 2. The molecule has 0 aliphatic rings. The molecule has 1 aromatic heterocycles. The molecular weight excluding hydrogens is 252 g/mol. The Morgan fingerprint density at radius 2 is 1.85 bits per heavy atom. The summed E-state index contributed by atoms with van der Waals surface area (Å²) in [6, 6.07) is 16.9. The van der Waals surface area contributed by atoms with E-state index in [0.717, 1.165) is 6.42 Å². The Kier molecular flexibility index (Phi) is 3.50. The van der Waals surface area contributed by atoms with E-state index in [0.29, 0.717) is 23.3 Å². The van der Waals surface area contributed by atoms with E-state index in [1.807, 2.05) is 24.3 Å². The first kappa shape index (κ1) is 12.5. The van der Waals surface area contributed by atoms with Crippen LogP contribution in [0.4, 0.5) is 0 Å². The van der Waals surface area contributed by atoms with Crippen LogP contribution >= 0.6 is 0 Å². The highest BCUT2D eigenvalue weighted by Gasteiger charge is 2.02. The standard InChI is InChI=1S/C17H14O3/c18-16-9-11-20-17-7-6-14(12-15(16)17)19-10-8-13-4-2-1-3-5-13/h1-7,9,11-12H,8,10H2. The SMILES string of the molecule is O=c1ccoc2ccc(OCCc3ccccc3)cc12. The second kappa shape index (κ2) is 5.61. The second-order valence-electron chi connectivity index (χ2n) is 4.53. The van der Waals surface area contributed by atoms with Gasteiger partial charge in [0, 0.05) is 12.5 Å². The molecule has 0 saturated heterocycles.